The Bertz CT molecular complexity index is 1360. The van der Waals surface area contributed by atoms with Crippen molar-refractivity contribution in [2.45, 2.75) is 51.1 Å². The molecule has 190 valence electrons. The van der Waals surface area contributed by atoms with E-state index < -0.39 is 29.2 Å². The summed E-state index contributed by atoms with van der Waals surface area (Å²) in [6, 6.07) is 13.6. The van der Waals surface area contributed by atoms with Crippen LogP contribution in [0.25, 0.3) is 11.1 Å². The second kappa shape index (κ2) is 11.2. The van der Waals surface area contributed by atoms with Crippen molar-refractivity contribution in [3.05, 3.63) is 94.3 Å². The van der Waals surface area contributed by atoms with Gasteiger partial charge in [-0.15, -0.1) is 0 Å². The molecule has 1 aliphatic carbocycles. The number of halogens is 6. The van der Waals surface area contributed by atoms with Crippen LogP contribution in [-0.2, 0) is 0 Å². The summed E-state index contributed by atoms with van der Waals surface area (Å²) >= 11 is 0. The van der Waals surface area contributed by atoms with Crippen LogP contribution in [0.1, 0.15) is 67.2 Å². The van der Waals surface area contributed by atoms with Crippen molar-refractivity contribution in [3.8, 4) is 34.8 Å². The molecule has 6 heteroatoms. The highest BCUT2D eigenvalue weighted by Gasteiger charge is 2.24. The van der Waals surface area contributed by atoms with Gasteiger partial charge in [0.25, 0.3) is 0 Å². The molecule has 1 aliphatic rings. The first-order valence-electron chi connectivity index (χ1n) is 12.1. The largest absolute Gasteiger partial charge is 0.458 e. The van der Waals surface area contributed by atoms with Gasteiger partial charge in [0, 0.05) is 22.6 Å². The van der Waals surface area contributed by atoms with Crippen molar-refractivity contribution in [2.24, 2.45) is 5.92 Å². The highest BCUT2D eigenvalue weighted by Crippen LogP contribution is 2.37. The highest BCUT2D eigenvalue weighted by molar-refractivity contribution is 5.67. The second-order valence-corrected chi connectivity index (χ2v) is 9.26. The van der Waals surface area contributed by atoms with E-state index in [0.717, 1.165) is 35.6 Å². The first kappa shape index (κ1) is 26.4. The molecule has 4 rings (SSSR count). The van der Waals surface area contributed by atoms with Crippen molar-refractivity contribution < 1.29 is 26.3 Å². The topological polar surface area (TPSA) is 0 Å². The fraction of sp³-hybridized carbons (Fsp3) is 0.290. The Balaban J connectivity index is 1.49. The summed E-state index contributed by atoms with van der Waals surface area (Å²) in [6.45, 7) is 2.25. The molecule has 0 radical (unpaired) electrons. The van der Waals surface area contributed by atoms with E-state index in [0.29, 0.717) is 11.5 Å². The Morgan fingerprint density at radius 3 is 1.89 bits per heavy atom. The molecular weight excluding hydrogens is 486 g/mol. The number of rotatable bonds is 3. The molecule has 0 amide bonds. The fourth-order valence-electron chi connectivity index (χ4n) is 4.70. The van der Waals surface area contributed by atoms with Gasteiger partial charge in [-0.1, -0.05) is 49.3 Å². The molecule has 0 unspecified atom stereocenters. The molecule has 0 heterocycles. The van der Waals surface area contributed by atoms with Crippen molar-refractivity contribution >= 4 is 0 Å². The summed E-state index contributed by atoms with van der Waals surface area (Å²) < 4.78 is 79.9. The lowest BCUT2D eigenvalue weighted by Crippen LogP contribution is -2.12. The number of hydrogen-bond donors (Lipinski definition) is 0. The Hall–Kier alpha value is -3.64. The van der Waals surface area contributed by atoms with E-state index in [9.17, 15) is 26.3 Å². The maximum atomic E-state index is 14.8. The molecular formula is C31H24F6. The van der Waals surface area contributed by atoms with Crippen LogP contribution < -0.4 is 0 Å². The van der Waals surface area contributed by atoms with Crippen LogP contribution in [0.3, 0.4) is 0 Å². The number of hydrogen-bond acceptors (Lipinski definition) is 0. The Labute approximate surface area is 212 Å². The predicted molar refractivity (Wildman–Crippen MR) is 132 cm³/mol. The van der Waals surface area contributed by atoms with Crippen LogP contribution in [0.15, 0.2) is 54.6 Å². The average Bonchev–Trinajstić information content (AvgIpc) is 2.86. The third-order valence-electron chi connectivity index (χ3n) is 6.81. The van der Waals surface area contributed by atoms with Crippen molar-refractivity contribution in [3.63, 3.8) is 0 Å². The minimum atomic E-state index is -4.89. The molecule has 1 fully saturated rings. The molecule has 1 saturated carbocycles. The van der Waals surface area contributed by atoms with E-state index in [1.54, 1.807) is 0 Å². The van der Waals surface area contributed by atoms with Gasteiger partial charge in [0.1, 0.15) is 17.5 Å². The zero-order valence-corrected chi connectivity index (χ0v) is 20.2. The maximum absolute atomic E-state index is 14.8. The molecule has 0 spiro atoms. The van der Waals surface area contributed by atoms with Crippen molar-refractivity contribution in [1.29, 1.82) is 0 Å². The quantitative estimate of drug-likeness (QED) is 0.244. The van der Waals surface area contributed by atoms with Gasteiger partial charge in [0.2, 0.25) is 0 Å². The van der Waals surface area contributed by atoms with Crippen LogP contribution >= 0.6 is 0 Å². The molecule has 0 N–H and O–H groups in total. The van der Waals surface area contributed by atoms with E-state index in [2.05, 4.69) is 30.9 Å². The molecule has 0 aromatic heterocycles. The summed E-state index contributed by atoms with van der Waals surface area (Å²) in [5.41, 5.74) is 1.18. The van der Waals surface area contributed by atoms with Gasteiger partial charge >= 0.3 is 6.18 Å². The Morgan fingerprint density at radius 2 is 1.32 bits per heavy atom. The molecule has 0 saturated heterocycles. The van der Waals surface area contributed by atoms with E-state index in [-0.39, 0.29) is 11.1 Å². The minimum absolute atomic E-state index is 0.110. The molecule has 0 bridgehead atoms. The monoisotopic (exact) mass is 510 g/mol. The molecule has 0 aliphatic heterocycles. The summed E-state index contributed by atoms with van der Waals surface area (Å²) in [4.78, 5) is 0. The van der Waals surface area contributed by atoms with Crippen LogP contribution in [0.2, 0.25) is 0 Å². The molecule has 3 aromatic carbocycles. The average molecular weight is 511 g/mol. The number of benzene rings is 3. The van der Waals surface area contributed by atoms with E-state index in [1.165, 1.54) is 55.7 Å². The van der Waals surface area contributed by atoms with Crippen LogP contribution in [-0.4, -0.2) is 6.18 Å². The highest BCUT2D eigenvalue weighted by atomic mass is 19.4. The van der Waals surface area contributed by atoms with Crippen LogP contribution in [0.5, 0.6) is 0 Å². The molecule has 0 atom stereocenters. The number of alkyl halides is 3. The Morgan fingerprint density at radius 1 is 0.730 bits per heavy atom. The third kappa shape index (κ3) is 6.77. The lowest BCUT2D eigenvalue weighted by molar-refractivity contribution is -0.0696. The predicted octanol–water partition coefficient (Wildman–Crippen LogP) is 8.77. The zero-order valence-electron chi connectivity index (χ0n) is 20.2. The minimum Gasteiger partial charge on any atom is -0.206 e. The smallest absolute Gasteiger partial charge is 0.206 e. The molecule has 3 aromatic rings. The van der Waals surface area contributed by atoms with Gasteiger partial charge in [-0.25, -0.2) is 13.2 Å². The fourth-order valence-corrected chi connectivity index (χ4v) is 4.70. The maximum Gasteiger partial charge on any atom is 0.458 e. The molecule has 37 heavy (non-hydrogen) atoms. The summed E-state index contributed by atoms with van der Waals surface area (Å²) in [5, 5.41) is 0. The van der Waals surface area contributed by atoms with Crippen molar-refractivity contribution in [1.82, 2.24) is 0 Å². The standard InChI is InChI=1S/C31H24F6/c1-2-20-5-10-23(11-6-20)24-12-7-21(8-13-24)3-4-22-9-14-26(28(32)17-22)25-18-29(33)27(30(34)19-25)15-16-31(35,36)37/h7-9,12-14,17-20,23H,2,5-6,10-11H2,1H3. The van der Waals surface area contributed by atoms with E-state index >= 15 is 0 Å². The first-order chi connectivity index (χ1) is 17.6. The van der Waals surface area contributed by atoms with Gasteiger partial charge in [0.05, 0.1) is 5.56 Å². The third-order valence-corrected chi connectivity index (χ3v) is 6.81. The van der Waals surface area contributed by atoms with Gasteiger partial charge in [0.15, 0.2) is 0 Å². The SMILES string of the molecule is CCC1CCC(c2ccc(C#Cc3ccc(-c4cc(F)c(C#CC(F)(F)F)c(F)c4)c(F)c3)cc2)CC1. The first-order valence-corrected chi connectivity index (χ1v) is 12.1. The lowest BCUT2D eigenvalue weighted by Gasteiger charge is -2.28. The van der Waals surface area contributed by atoms with Gasteiger partial charge in [-0.3, -0.25) is 0 Å². The summed E-state index contributed by atoms with van der Waals surface area (Å²) in [6.07, 6.45) is 1.28. The van der Waals surface area contributed by atoms with Gasteiger partial charge < -0.3 is 0 Å². The van der Waals surface area contributed by atoms with Gasteiger partial charge in [-0.2, -0.15) is 13.2 Å². The second-order valence-electron chi connectivity index (χ2n) is 9.26. The van der Waals surface area contributed by atoms with Gasteiger partial charge in [-0.05, 0) is 85.0 Å². The molecule has 0 nitrogen and oxygen atoms in total. The summed E-state index contributed by atoms with van der Waals surface area (Å²) in [5.74, 6) is 6.20. The zero-order chi connectivity index (χ0) is 26.6. The van der Waals surface area contributed by atoms with E-state index in [1.807, 2.05) is 12.1 Å². The van der Waals surface area contributed by atoms with Crippen LogP contribution in [0, 0.1) is 47.1 Å². The normalized spacial score (nSPS) is 17.4. The van der Waals surface area contributed by atoms with Crippen LogP contribution in [0.4, 0.5) is 26.3 Å². The lowest BCUT2D eigenvalue weighted by atomic mass is 9.78. The summed E-state index contributed by atoms with van der Waals surface area (Å²) in [7, 11) is 0. The van der Waals surface area contributed by atoms with Crippen molar-refractivity contribution in [2.75, 3.05) is 0 Å². The van der Waals surface area contributed by atoms with E-state index in [4.69, 9.17) is 0 Å². The Kier molecular flexibility index (Phi) is 7.98.